The average Bonchev–Trinajstić information content (AvgIpc) is 3.92. The molecule has 0 aliphatic rings. The molecule has 0 amide bonds. The van der Waals surface area contributed by atoms with Crippen molar-refractivity contribution >= 4 is 83.2 Å². The summed E-state index contributed by atoms with van der Waals surface area (Å²) < 4.78 is 4.84. The van der Waals surface area contributed by atoms with Crippen LogP contribution in [0.2, 0.25) is 0 Å². The summed E-state index contributed by atoms with van der Waals surface area (Å²) in [6.45, 7) is 0. The Hall–Kier alpha value is -8.50. The van der Waals surface area contributed by atoms with Gasteiger partial charge in [0.25, 0.3) is 0 Å². The molecular weight excluding hydrogens is 825 g/mol. The zero-order chi connectivity index (χ0) is 44.3. The van der Waals surface area contributed by atoms with Crippen molar-refractivity contribution in [2.45, 2.75) is 0 Å². The molecule has 0 aliphatic heterocycles. The maximum Gasteiger partial charge on any atom is 0.179 e. The molecule has 0 saturated heterocycles. The summed E-state index contributed by atoms with van der Waals surface area (Å²) >= 11 is 0. The van der Waals surface area contributed by atoms with Crippen molar-refractivity contribution < 1.29 is 0 Å². The zero-order valence-corrected chi connectivity index (χ0v) is 37.8. The molecule has 13 rings (SSSR count). The Bertz CT molecular complexity index is 3850. The standard InChI is InChI=1S/C64H44N2Si/c1-5-19-51(20-6-1)65-63-39-35-50(43-59(63)60-44-56(37-40-64(60)65)67(53-21-7-2-8-22-53,54-23-9-3-10-24-54)55-25-11-4-12-26-55)47-31-29-46(30-32-47)49-34-38-62-58(42-49)57-27-15-16-28-61(57)66(62)52-36-33-45-17-13-14-18-48(45)41-52/h1-44H. The van der Waals surface area contributed by atoms with E-state index < -0.39 is 8.07 Å². The molecule has 0 saturated carbocycles. The quantitative estimate of drug-likeness (QED) is 0.106. The summed E-state index contributed by atoms with van der Waals surface area (Å²) in [7, 11) is -2.76. The topological polar surface area (TPSA) is 9.86 Å². The molecule has 314 valence electrons. The van der Waals surface area contributed by atoms with Gasteiger partial charge in [0.2, 0.25) is 0 Å². The lowest BCUT2D eigenvalue weighted by atomic mass is 9.98. The molecule has 2 nitrogen and oxygen atoms in total. The van der Waals surface area contributed by atoms with E-state index in [9.17, 15) is 0 Å². The van der Waals surface area contributed by atoms with E-state index >= 15 is 0 Å². The normalized spacial score (nSPS) is 11.9. The highest BCUT2D eigenvalue weighted by Gasteiger charge is 2.41. The van der Waals surface area contributed by atoms with Crippen LogP contribution in [0.25, 0.3) is 88.0 Å². The highest BCUT2D eigenvalue weighted by Crippen LogP contribution is 2.38. The molecule has 0 bridgehead atoms. The number of aromatic nitrogens is 2. The van der Waals surface area contributed by atoms with E-state index in [1.54, 1.807) is 0 Å². The Morgan fingerprint density at radius 3 is 1.22 bits per heavy atom. The van der Waals surface area contributed by atoms with Crippen LogP contribution in [0.1, 0.15) is 0 Å². The summed E-state index contributed by atoms with van der Waals surface area (Å²) in [5, 5.41) is 13.0. The van der Waals surface area contributed by atoms with Gasteiger partial charge in [-0.1, -0.05) is 206 Å². The van der Waals surface area contributed by atoms with Gasteiger partial charge in [0.1, 0.15) is 0 Å². The molecule has 0 unspecified atom stereocenters. The first kappa shape index (κ1) is 38.9. The zero-order valence-electron chi connectivity index (χ0n) is 36.8. The van der Waals surface area contributed by atoms with Crippen LogP contribution in [0.4, 0.5) is 0 Å². The number of rotatable bonds is 8. The minimum Gasteiger partial charge on any atom is -0.309 e. The maximum atomic E-state index is 2.52. The molecule has 11 aromatic carbocycles. The van der Waals surface area contributed by atoms with Gasteiger partial charge in [-0.15, -0.1) is 0 Å². The first-order valence-corrected chi connectivity index (χ1v) is 25.2. The van der Waals surface area contributed by atoms with E-state index in [-0.39, 0.29) is 0 Å². The van der Waals surface area contributed by atoms with Crippen molar-refractivity contribution in [2.75, 3.05) is 0 Å². The van der Waals surface area contributed by atoms with E-state index in [1.165, 1.54) is 103 Å². The summed E-state index contributed by atoms with van der Waals surface area (Å²) in [6, 6.07) is 99.0. The average molecular weight is 869 g/mol. The summed E-state index contributed by atoms with van der Waals surface area (Å²) in [5.74, 6) is 0. The monoisotopic (exact) mass is 868 g/mol. The second-order valence-corrected chi connectivity index (χ2v) is 21.5. The Morgan fingerprint density at radius 1 is 0.224 bits per heavy atom. The van der Waals surface area contributed by atoms with Gasteiger partial charge in [-0.3, -0.25) is 0 Å². The fourth-order valence-corrected chi connectivity index (χ4v) is 15.7. The molecule has 2 heterocycles. The minimum atomic E-state index is -2.76. The van der Waals surface area contributed by atoms with Gasteiger partial charge in [0.15, 0.2) is 8.07 Å². The fourth-order valence-electron chi connectivity index (χ4n) is 11.0. The first-order chi connectivity index (χ1) is 33.2. The lowest BCUT2D eigenvalue weighted by Crippen LogP contribution is -2.74. The molecule has 0 fully saturated rings. The van der Waals surface area contributed by atoms with Gasteiger partial charge >= 0.3 is 0 Å². The van der Waals surface area contributed by atoms with E-state index in [0.29, 0.717) is 0 Å². The number of para-hydroxylation sites is 2. The molecule has 13 aromatic rings. The third-order valence-corrected chi connectivity index (χ3v) is 18.8. The van der Waals surface area contributed by atoms with Crippen LogP contribution in [0.3, 0.4) is 0 Å². The van der Waals surface area contributed by atoms with Crippen LogP contribution in [0, 0.1) is 0 Å². The highest BCUT2D eigenvalue weighted by atomic mass is 28.3. The van der Waals surface area contributed by atoms with Gasteiger partial charge in [0.05, 0.1) is 22.1 Å². The van der Waals surface area contributed by atoms with Crippen LogP contribution in [0.15, 0.2) is 267 Å². The molecule has 0 radical (unpaired) electrons. The minimum absolute atomic E-state index is 1.15. The smallest absolute Gasteiger partial charge is 0.179 e. The van der Waals surface area contributed by atoms with Crippen molar-refractivity contribution in [1.82, 2.24) is 9.13 Å². The molecule has 0 aliphatic carbocycles. The molecule has 0 N–H and O–H groups in total. The summed E-state index contributed by atoms with van der Waals surface area (Å²) in [5.41, 5.74) is 11.9. The lowest BCUT2D eigenvalue weighted by Gasteiger charge is -2.34. The van der Waals surface area contributed by atoms with Crippen LogP contribution < -0.4 is 20.7 Å². The lowest BCUT2D eigenvalue weighted by molar-refractivity contribution is 1.18. The van der Waals surface area contributed by atoms with Gasteiger partial charge in [-0.05, 0) is 114 Å². The van der Waals surface area contributed by atoms with Crippen molar-refractivity contribution in [3.63, 3.8) is 0 Å². The van der Waals surface area contributed by atoms with Gasteiger partial charge in [0, 0.05) is 32.9 Å². The molecular formula is C64H44N2Si. The highest BCUT2D eigenvalue weighted by molar-refractivity contribution is 7.20. The molecule has 0 spiro atoms. The third-order valence-electron chi connectivity index (χ3n) is 14.0. The van der Waals surface area contributed by atoms with Crippen LogP contribution in [-0.2, 0) is 0 Å². The number of fused-ring (bicyclic) bond motifs is 7. The third kappa shape index (κ3) is 6.31. The van der Waals surface area contributed by atoms with E-state index in [0.717, 1.165) is 5.69 Å². The Balaban J connectivity index is 0.946. The van der Waals surface area contributed by atoms with Crippen molar-refractivity contribution in [1.29, 1.82) is 0 Å². The SMILES string of the molecule is c1ccc(-n2c3ccc(-c4ccc(-c5ccc6c(c5)c5ccccc5n6-c5ccc6ccccc6c5)cc4)cc3c3cc([Si](c4ccccc4)(c4ccccc4)c4ccccc4)ccc32)cc1. The van der Waals surface area contributed by atoms with Crippen LogP contribution in [0.5, 0.6) is 0 Å². The number of hydrogen-bond acceptors (Lipinski definition) is 0. The van der Waals surface area contributed by atoms with E-state index in [2.05, 4.69) is 276 Å². The molecule has 0 atom stereocenters. The molecule has 3 heteroatoms. The van der Waals surface area contributed by atoms with Gasteiger partial charge < -0.3 is 9.13 Å². The Labute approximate surface area is 390 Å². The number of benzene rings is 11. The second kappa shape index (κ2) is 15.9. The predicted molar refractivity (Wildman–Crippen MR) is 287 cm³/mol. The molecule has 67 heavy (non-hydrogen) atoms. The number of hydrogen-bond donors (Lipinski definition) is 0. The van der Waals surface area contributed by atoms with Gasteiger partial charge in [-0.25, -0.2) is 0 Å². The van der Waals surface area contributed by atoms with Crippen molar-refractivity contribution in [3.05, 3.63) is 267 Å². The fraction of sp³-hybridized carbons (Fsp3) is 0. The van der Waals surface area contributed by atoms with Gasteiger partial charge in [-0.2, -0.15) is 0 Å². The number of nitrogens with zero attached hydrogens (tertiary/aromatic N) is 2. The predicted octanol–water partition coefficient (Wildman–Crippen LogP) is 13.7. The van der Waals surface area contributed by atoms with E-state index in [1.807, 2.05) is 0 Å². The van der Waals surface area contributed by atoms with Crippen LogP contribution in [-0.4, -0.2) is 17.2 Å². The Morgan fingerprint density at radius 2 is 0.642 bits per heavy atom. The van der Waals surface area contributed by atoms with Crippen molar-refractivity contribution in [2.24, 2.45) is 0 Å². The van der Waals surface area contributed by atoms with E-state index in [4.69, 9.17) is 0 Å². The summed E-state index contributed by atoms with van der Waals surface area (Å²) in [6.07, 6.45) is 0. The Kier molecular flexibility index (Phi) is 9.22. The second-order valence-electron chi connectivity index (χ2n) is 17.7. The summed E-state index contributed by atoms with van der Waals surface area (Å²) in [4.78, 5) is 0. The maximum absolute atomic E-state index is 2.76. The molecule has 2 aromatic heterocycles. The first-order valence-electron chi connectivity index (χ1n) is 23.2. The largest absolute Gasteiger partial charge is 0.309 e. The van der Waals surface area contributed by atoms with Crippen molar-refractivity contribution in [3.8, 4) is 33.6 Å². The van der Waals surface area contributed by atoms with Crippen LogP contribution >= 0.6 is 0 Å².